The Labute approximate surface area is 110 Å². The van der Waals surface area contributed by atoms with E-state index in [9.17, 15) is 10.1 Å². The van der Waals surface area contributed by atoms with Crippen LogP contribution in [-0.2, 0) is 0 Å². The molecule has 0 spiro atoms. The van der Waals surface area contributed by atoms with Crippen LogP contribution < -0.4 is 11.1 Å². The summed E-state index contributed by atoms with van der Waals surface area (Å²) in [6.45, 7) is 0.502. The minimum atomic E-state index is -0.517. The molecule has 1 aromatic rings. The maximum absolute atomic E-state index is 10.6. The largest absolute Gasteiger partial charge is 0.362 e. The Morgan fingerprint density at radius 3 is 2.72 bits per heavy atom. The lowest BCUT2D eigenvalue weighted by molar-refractivity contribution is -0.385. The first-order valence-corrected chi connectivity index (χ1v) is 6.22. The molecule has 0 aliphatic heterocycles. The van der Waals surface area contributed by atoms with Gasteiger partial charge >= 0.3 is 0 Å². The summed E-state index contributed by atoms with van der Waals surface area (Å²) in [7, 11) is 0. The van der Waals surface area contributed by atoms with E-state index in [2.05, 4.69) is 10.3 Å². The summed E-state index contributed by atoms with van der Waals surface area (Å²) in [6, 6.07) is 1.30. The lowest BCUT2D eigenvalue weighted by atomic mass is 9.98. The van der Waals surface area contributed by atoms with Gasteiger partial charge < -0.3 is 11.1 Å². The summed E-state index contributed by atoms with van der Waals surface area (Å²) in [6.07, 6.45) is 5.38. The van der Waals surface area contributed by atoms with E-state index < -0.39 is 4.92 Å². The zero-order valence-electron chi connectivity index (χ0n) is 9.86. The van der Waals surface area contributed by atoms with Gasteiger partial charge in [-0.25, -0.2) is 4.98 Å². The topological polar surface area (TPSA) is 94.1 Å². The molecule has 0 atom stereocenters. The van der Waals surface area contributed by atoms with Gasteiger partial charge in [0.2, 0.25) is 0 Å². The molecule has 0 aromatic carbocycles. The van der Waals surface area contributed by atoms with E-state index in [1.165, 1.54) is 12.3 Å². The normalized spacial score (nSPS) is 17.7. The summed E-state index contributed by atoms with van der Waals surface area (Å²) in [4.78, 5) is 14.1. The monoisotopic (exact) mass is 270 g/mol. The molecular weight excluding hydrogens is 256 g/mol. The smallest absolute Gasteiger partial charge is 0.289 e. The first-order valence-electron chi connectivity index (χ1n) is 5.84. The van der Waals surface area contributed by atoms with E-state index in [4.69, 9.17) is 17.3 Å². The molecule has 3 N–H and O–H groups in total. The quantitative estimate of drug-likeness (QED) is 0.647. The first kappa shape index (κ1) is 13.0. The van der Waals surface area contributed by atoms with Crippen molar-refractivity contribution in [2.75, 3.05) is 11.9 Å². The van der Waals surface area contributed by atoms with Crippen molar-refractivity contribution in [2.24, 2.45) is 5.73 Å². The van der Waals surface area contributed by atoms with Crippen molar-refractivity contribution < 1.29 is 4.92 Å². The van der Waals surface area contributed by atoms with Crippen LogP contribution in [0, 0.1) is 10.1 Å². The average Bonchev–Trinajstić information content (AvgIpc) is 2.81. The highest BCUT2D eigenvalue weighted by Gasteiger charge is 2.33. The summed E-state index contributed by atoms with van der Waals surface area (Å²) in [5.74, 6) is 0.467. The van der Waals surface area contributed by atoms with Crippen molar-refractivity contribution in [1.82, 2.24) is 4.98 Å². The third-order valence-corrected chi connectivity index (χ3v) is 3.66. The van der Waals surface area contributed by atoms with Crippen LogP contribution in [0.5, 0.6) is 0 Å². The van der Waals surface area contributed by atoms with Gasteiger partial charge in [0.1, 0.15) is 12.0 Å². The van der Waals surface area contributed by atoms with Crippen molar-refractivity contribution in [2.45, 2.75) is 31.2 Å². The van der Waals surface area contributed by atoms with E-state index in [0.717, 1.165) is 25.7 Å². The molecule has 1 aliphatic rings. The molecule has 6 nitrogen and oxygen atoms in total. The van der Waals surface area contributed by atoms with E-state index in [1.54, 1.807) is 0 Å². The summed E-state index contributed by atoms with van der Waals surface area (Å²) < 4.78 is 0. The van der Waals surface area contributed by atoms with E-state index >= 15 is 0 Å². The molecular formula is C11H15ClN4O2. The van der Waals surface area contributed by atoms with Gasteiger partial charge in [0, 0.05) is 12.6 Å². The zero-order chi connectivity index (χ0) is 13.2. The van der Waals surface area contributed by atoms with Gasteiger partial charge in [-0.1, -0.05) is 24.4 Å². The predicted molar refractivity (Wildman–Crippen MR) is 69.8 cm³/mol. The van der Waals surface area contributed by atoms with Crippen molar-refractivity contribution in [1.29, 1.82) is 0 Å². The number of hydrogen-bond donors (Lipinski definition) is 2. The number of nitrogens with zero attached hydrogens (tertiary/aromatic N) is 2. The second kappa shape index (κ2) is 5.07. The Balaban J connectivity index is 2.21. The minimum absolute atomic E-state index is 0.112. The fraction of sp³-hybridized carbons (Fsp3) is 0.545. The summed E-state index contributed by atoms with van der Waals surface area (Å²) in [5, 5.41) is 14.1. The Bertz CT molecular complexity index is 460. The molecule has 1 aliphatic carbocycles. The Kier molecular flexibility index (Phi) is 3.68. The number of rotatable bonds is 4. The number of pyridine rings is 1. The maximum atomic E-state index is 10.6. The number of anilines is 1. The molecule has 0 bridgehead atoms. The van der Waals surface area contributed by atoms with Crippen molar-refractivity contribution >= 4 is 23.1 Å². The number of nitrogens with two attached hydrogens (primary N) is 1. The third kappa shape index (κ3) is 2.54. The van der Waals surface area contributed by atoms with Crippen LogP contribution in [0.1, 0.15) is 25.7 Å². The van der Waals surface area contributed by atoms with Crippen LogP contribution in [0.4, 0.5) is 11.5 Å². The standard InChI is InChI=1S/C11H15ClN4O2/c12-9-5-8(16(17)18)6-14-10(9)15-11(7-13)3-1-2-4-11/h5-6H,1-4,7,13H2,(H,14,15). The number of nitrogens with one attached hydrogen (secondary N) is 1. The Hall–Kier alpha value is -1.40. The SMILES string of the molecule is NCC1(Nc2ncc([N+](=O)[O-])cc2Cl)CCCC1. The van der Waals surface area contributed by atoms with Crippen LogP contribution >= 0.6 is 11.6 Å². The second-order valence-electron chi connectivity index (χ2n) is 4.60. The van der Waals surface area contributed by atoms with E-state index in [-0.39, 0.29) is 16.2 Å². The number of halogens is 1. The van der Waals surface area contributed by atoms with Crippen molar-refractivity contribution in [3.05, 3.63) is 27.4 Å². The maximum Gasteiger partial charge on any atom is 0.289 e. The first-order chi connectivity index (χ1) is 8.56. The molecule has 98 valence electrons. The molecule has 0 unspecified atom stereocenters. The highest BCUT2D eigenvalue weighted by molar-refractivity contribution is 6.33. The fourth-order valence-electron chi connectivity index (χ4n) is 2.30. The Morgan fingerprint density at radius 2 is 2.22 bits per heavy atom. The molecule has 1 fully saturated rings. The molecule has 18 heavy (non-hydrogen) atoms. The number of hydrogen-bond acceptors (Lipinski definition) is 5. The molecule has 0 amide bonds. The molecule has 0 saturated heterocycles. The van der Waals surface area contributed by atoms with Gasteiger partial charge in [0.05, 0.1) is 15.5 Å². The summed E-state index contributed by atoms with van der Waals surface area (Å²) >= 11 is 6.00. The van der Waals surface area contributed by atoms with Crippen LogP contribution in [0.25, 0.3) is 0 Å². The lowest BCUT2D eigenvalue weighted by Gasteiger charge is -2.29. The zero-order valence-corrected chi connectivity index (χ0v) is 10.6. The average molecular weight is 271 g/mol. The molecule has 7 heteroatoms. The lowest BCUT2D eigenvalue weighted by Crippen LogP contribution is -2.43. The van der Waals surface area contributed by atoms with Crippen LogP contribution in [0.3, 0.4) is 0 Å². The van der Waals surface area contributed by atoms with Gasteiger partial charge in [-0.2, -0.15) is 0 Å². The van der Waals surface area contributed by atoms with Crippen molar-refractivity contribution in [3.8, 4) is 0 Å². The minimum Gasteiger partial charge on any atom is -0.362 e. The molecule has 2 rings (SSSR count). The molecule has 1 heterocycles. The van der Waals surface area contributed by atoms with Crippen LogP contribution in [0.2, 0.25) is 5.02 Å². The summed E-state index contributed by atoms with van der Waals surface area (Å²) in [5.41, 5.74) is 5.52. The van der Waals surface area contributed by atoms with E-state index in [0.29, 0.717) is 12.4 Å². The second-order valence-corrected chi connectivity index (χ2v) is 5.00. The number of nitro groups is 1. The molecule has 1 aromatic heterocycles. The van der Waals surface area contributed by atoms with Gasteiger partial charge in [-0.05, 0) is 12.8 Å². The highest BCUT2D eigenvalue weighted by atomic mass is 35.5. The highest BCUT2D eigenvalue weighted by Crippen LogP contribution is 2.34. The molecule has 1 saturated carbocycles. The van der Waals surface area contributed by atoms with Gasteiger partial charge in [0.15, 0.2) is 0 Å². The molecule has 0 radical (unpaired) electrons. The van der Waals surface area contributed by atoms with Crippen molar-refractivity contribution in [3.63, 3.8) is 0 Å². The van der Waals surface area contributed by atoms with Crippen LogP contribution in [-0.4, -0.2) is 22.0 Å². The Morgan fingerprint density at radius 1 is 1.56 bits per heavy atom. The fourth-order valence-corrected chi connectivity index (χ4v) is 2.51. The third-order valence-electron chi connectivity index (χ3n) is 3.37. The predicted octanol–water partition coefficient (Wildman–Crippen LogP) is 2.33. The van der Waals surface area contributed by atoms with E-state index in [1.807, 2.05) is 0 Å². The van der Waals surface area contributed by atoms with Gasteiger partial charge in [0.25, 0.3) is 5.69 Å². The van der Waals surface area contributed by atoms with Crippen LogP contribution in [0.15, 0.2) is 12.3 Å². The number of aromatic nitrogens is 1. The van der Waals surface area contributed by atoms with Gasteiger partial charge in [-0.3, -0.25) is 10.1 Å². The van der Waals surface area contributed by atoms with Gasteiger partial charge in [-0.15, -0.1) is 0 Å².